The molecule has 0 unspecified atom stereocenters. The van der Waals surface area contributed by atoms with Gasteiger partial charge >= 0.3 is 0 Å². The van der Waals surface area contributed by atoms with Gasteiger partial charge in [0.1, 0.15) is 28.2 Å². The van der Waals surface area contributed by atoms with Crippen molar-refractivity contribution in [2.45, 2.75) is 109 Å². The summed E-state index contributed by atoms with van der Waals surface area (Å²) in [6, 6.07) is 42.9. The van der Waals surface area contributed by atoms with Crippen LogP contribution < -0.4 is 18.3 Å². The van der Waals surface area contributed by atoms with E-state index >= 15 is 0 Å². The van der Waals surface area contributed by atoms with E-state index in [0.717, 1.165) is 36.1 Å². The standard InChI is InChI=1S/4C16H20N/c1-5-14-10-16(17(4)11-13(14)3)15-9-7-6-8-12(15)2;3*1-5-14-11-17(4)16(10-13(14)3)15-9-7-6-8-12(15)2/h4*6-11H,5H2,1-4H3/q4*+1/i;5D2;;. The number of hydrogen-bond donors (Lipinski definition) is 0. The number of pyridine rings is 4. The zero-order chi connectivity index (χ0) is 51.4. The van der Waals surface area contributed by atoms with Crippen molar-refractivity contribution in [3.05, 3.63) is 213 Å². The second-order valence-electron chi connectivity index (χ2n) is 18.4. The minimum atomic E-state index is -1.31. The zero-order valence-electron chi connectivity index (χ0n) is 46.3. The highest BCUT2D eigenvalue weighted by Gasteiger charge is 2.18. The van der Waals surface area contributed by atoms with Gasteiger partial charge < -0.3 is 0 Å². The molecule has 4 aromatic heterocycles. The molecule has 4 nitrogen and oxygen atoms in total. The molecule has 0 saturated carbocycles. The molecule has 0 saturated heterocycles. The largest absolute Gasteiger partial charge is 0.212 e. The lowest BCUT2D eigenvalue weighted by Crippen LogP contribution is -2.32. The van der Waals surface area contributed by atoms with Crippen molar-refractivity contribution in [2.75, 3.05) is 0 Å². The molecule has 0 radical (unpaired) electrons. The SMILES string of the molecule is CCc1c[n+](C)c(-c2ccccc2C)cc1C.CCc1c[n+](C)c(-c2ccccc2C)cc1C.CCc1cc(-c2ccccc2C)[n+](C)cc1C.[2H]C([2H])(C)c1c[n+](C)c(-c2ccccc2C)cc1C. The molecule has 352 valence electrons. The monoisotopic (exact) mass is 907 g/mol. The first-order valence-corrected chi connectivity index (χ1v) is 24.4. The van der Waals surface area contributed by atoms with Crippen LogP contribution in [0.25, 0.3) is 45.0 Å². The minimum absolute atomic E-state index is 0.743. The van der Waals surface area contributed by atoms with Crippen molar-refractivity contribution in [1.29, 1.82) is 0 Å². The highest BCUT2D eigenvalue weighted by atomic mass is 14.9. The Morgan fingerprint density at radius 2 is 0.574 bits per heavy atom. The van der Waals surface area contributed by atoms with E-state index in [9.17, 15) is 0 Å². The Morgan fingerprint density at radius 3 is 0.868 bits per heavy atom. The summed E-state index contributed by atoms with van der Waals surface area (Å²) in [6.07, 6.45) is 10.6. The highest BCUT2D eigenvalue weighted by Crippen LogP contribution is 2.25. The first kappa shape index (κ1) is 49.4. The lowest BCUT2D eigenvalue weighted by molar-refractivity contribution is -0.661. The molecule has 0 spiro atoms. The van der Waals surface area contributed by atoms with Crippen LogP contribution in [0.1, 0.15) is 97.2 Å². The molecule has 8 rings (SSSR count). The van der Waals surface area contributed by atoms with Gasteiger partial charge in [-0.05, 0) is 150 Å². The van der Waals surface area contributed by atoms with E-state index in [4.69, 9.17) is 2.74 Å². The average Bonchev–Trinajstić information content (AvgIpc) is 3.32. The van der Waals surface area contributed by atoms with Gasteiger partial charge in [-0.2, -0.15) is 0 Å². The molecule has 68 heavy (non-hydrogen) atoms. The van der Waals surface area contributed by atoms with E-state index in [2.05, 4.69) is 232 Å². The fraction of sp³-hybridized carbons (Fsp3) is 0.312. The molecule has 0 atom stereocenters. The Bertz CT molecular complexity index is 2970. The predicted molar refractivity (Wildman–Crippen MR) is 288 cm³/mol. The van der Waals surface area contributed by atoms with Crippen LogP contribution in [-0.4, -0.2) is 0 Å². The van der Waals surface area contributed by atoms with E-state index in [1.54, 1.807) is 6.92 Å². The number of aromatic nitrogens is 4. The highest BCUT2D eigenvalue weighted by molar-refractivity contribution is 5.64. The van der Waals surface area contributed by atoms with E-state index in [1.165, 1.54) is 95.0 Å². The van der Waals surface area contributed by atoms with Crippen LogP contribution >= 0.6 is 0 Å². The maximum Gasteiger partial charge on any atom is 0.212 e. The minimum Gasteiger partial charge on any atom is -0.201 e. The third-order valence-electron chi connectivity index (χ3n) is 13.3. The van der Waals surface area contributed by atoms with E-state index in [1.807, 2.05) is 36.9 Å². The number of nitrogens with zero attached hydrogens (tertiary/aromatic N) is 4. The Hall–Kier alpha value is -6.52. The summed E-state index contributed by atoms with van der Waals surface area (Å²) in [5, 5.41) is 0. The topological polar surface area (TPSA) is 15.5 Å². The molecule has 0 aliphatic carbocycles. The number of benzene rings is 4. The Kier molecular flexibility index (Phi) is 17.8. The summed E-state index contributed by atoms with van der Waals surface area (Å²) < 4.78 is 24.4. The van der Waals surface area contributed by atoms with Crippen molar-refractivity contribution < 1.29 is 21.0 Å². The van der Waals surface area contributed by atoms with Crippen molar-refractivity contribution in [3.63, 3.8) is 0 Å². The smallest absolute Gasteiger partial charge is 0.201 e. The van der Waals surface area contributed by atoms with E-state index < -0.39 is 6.37 Å². The van der Waals surface area contributed by atoms with Gasteiger partial charge in [-0.3, -0.25) is 0 Å². The quantitative estimate of drug-likeness (QED) is 0.135. The van der Waals surface area contributed by atoms with Crippen LogP contribution in [0.3, 0.4) is 0 Å². The molecule has 4 heteroatoms. The van der Waals surface area contributed by atoms with Crippen LogP contribution in [0.2, 0.25) is 0 Å². The maximum absolute atomic E-state index is 7.88. The summed E-state index contributed by atoms with van der Waals surface area (Å²) in [5.74, 6) is 0. The molecule has 0 aliphatic rings. The van der Waals surface area contributed by atoms with Crippen molar-refractivity contribution in [2.24, 2.45) is 28.2 Å². The summed E-state index contributed by atoms with van der Waals surface area (Å²) in [6.45, 7) is 25.4. The van der Waals surface area contributed by atoms with Crippen LogP contribution in [0.4, 0.5) is 0 Å². The summed E-state index contributed by atoms with van der Waals surface area (Å²) >= 11 is 0. The second kappa shape index (κ2) is 24.5. The third kappa shape index (κ3) is 12.9. The molecule has 4 aromatic carbocycles. The van der Waals surface area contributed by atoms with Crippen LogP contribution in [0, 0.1) is 55.4 Å². The van der Waals surface area contributed by atoms with Gasteiger partial charge in [-0.1, -0.05) is 100 Å². The van der Waals surface area contributed by atoms with Gasteiger partial charge in [0.2, 0.25) is 22.8 Å². The predicted octanol–water partition coefficient (Wildman–Crippen LogP) is 13.4. The summed E-state index contributed by atoms with van der Waals surface area (Å²) in [7, 11) is 8.34. The first-order valence-electron chi connectivity index (χ1n) is 25.4. The van der Waals surface area contributed by atoms with E-state index in [-0.39, 0.29) is 0 Å². The molecule has 0 amide bonds. The van der Waals surface area contributed by atoms with Crippen molar-refractivity contribution in [3.8, 4) is 45.0 Å². The maximum atomic E-state index is 7.88. The molecule has 4 heterocycles. The lowest BCUT2D eigenvalue weighted by Gasteiger charge is -2.07. The molecule has 0 aliphatic heterocycles. The Labute approximate surface area is 414 Å². The van der Waals surface area contributed by atoms with Gasteiger partial charge in [0, 0.05) is 71.5 Å². The van der Waals surface area contributed by atoms with E-state index in [0.29, 0.717) is 0 Å². The van der Waals surface area contributed by atoms with Gasteiger partial charge in [-0.15, -0.1) is 0 Å². The lowest BCUT2D eigenvalue weighted by atomic mass is 10.0. The van der Waals surface area contributed by atoms with Crippen molar-refractivity contribution >= 4 is 0 Å². The summed E-state index contributed by atoms with van der Waals surface area (Å²) in [4.78, 5) is 0. The molecular formula is C64H80N4+4. The average molecular weight is 907 g/mol. The summed E-state index contributed by atoms with van der Waals surface area (Å²) in [5.41, 5.74) is 25.5. The fourth-order valence-electron chi connectivity index (χ4n) is 9.08. The third-order valence-corrected chi connectivity index (χ3v) is 13.3. The van der Waals surface area contributed by atoms with Crippen LogP contribution in [0.15, 0.2) is 146 Å². The molecular weight excluding hydrogens is 825 g/mol. The molecule has 0 fully saturated rings. The fourth-order valence-corrected chi connectivity index (χ4v) is 9.08. The Morgan fingerprint density at radius 1 is 0.309 bits per heavy atom. The first-order chi connectivity index (χ1) is 33.2. The zero-order valence-corrected chi connectivity index (χ0v) is 44.3. The second-order valence-corrected chi connectivity index (χ2v) is 18.4. The van der Waals surface area contributed by atoms with Gasteiger partial charge in [0.25, 0.3) is 0 Å². The van der Waals surface area contributed by atoms with Crippen molar-refractivity contribution in [1.82, 2.24) is 0 Å². The number of aryl methyl sites for hydroxylation is 16. The van der Waals surface area contributed by atoms with Gasteiger partial charge in [0.05, 0.1) is 0 Å². The van der Waals surface area contributed by atoms with Gasteiger partial charge in [0.15, 0.2) is 24.8 Å². The molecule has 8 aromatic rings. The Balaban J connectivity index is 0.000000174. The van der Waals surface area contributed by atoms with Crippen LogP contribution in [-0.2, 0) is 53.8 Å². The molecule has 0 bridgehead atoms. The van der Waals surface area contributed by atoms with Crippen LogP contribution in [0.5, 0.6) is 0 Å². The number of rotatable bonds is 8. The molecule has 0 N–H and O–H groups in total. The van der Waals surface area contributed by atoms with Gasteiger partial charge in [-0.25, -0.2) is 18.3 Å². The normalized spacial score (nSPS) is 11.2. The number of hydrogen-bond acceptors (Lipinski definition) is 0.